The summed E-state index contributed by atoms with van der Waals surface area (Å²) in [5.41, 5.74) is 0. The predicted molar refractivity (Wildman–Crippen MR) is 34.2 cm³/mol. The van der Waals surface area contributed by atoms with Crippen LogP contribution in [0.25, 0.3) is 0 Å². The Hall–Kier alpha value is -0.400. The molecule has 0 aromatic carbocycles. The molecule has 0 fully saturated rings. The minimum atomic E-state index is -0.684. The Morgan fingerprint density at radius 1 is 1.75 bits per heavy atom. The fraction of sp³-hybridized carbons (Fsp3) is 0.833. The lowest BCUT2D eigenvalue weighted by molar-refractivity contribution is 0.336. The molecular weight excluding hydrogens is 105 g/mol. The fourth-order valence-corrected chi connectivity index (χ4v) is 0.484. The minimum absolute atomic E-state index is 0.610. The van der Waals surface area contributed by atoms with Gasteiger partial charge in [-0.05, 0) is 26.5 Å². The highest BCUT2D eigenvalue weighted by molar-refractivity contribution is 5.22. The standard InChI is InChI=1S/C6H12FN/c1-6(7)4-3-5-8-2/h6H,2-5H2,1H3. The second-order valence-corrected chi connectivity index (χ2v) is 1.87. The van der Waals surface area contributed by atoms with Crippen LogP contribution >= 0.6 is 0 Å². The summed E-state index contributed by atoms with van der Waals surface area (Å²) in [4.78, 5) is 3.59. The molecule has 2 heteroatoms. The third-order valence-electron chi connectivity index (χ3n) is 0.918. The van der Waals surface area contributed by atoms with Crippen molar-refractivity contribution in [2.75, 3.05) is 6.54 Å². The lowest BCUT2D eigenvalue weighted by Gasteiger charge is -1.95. The first-order valence-electron chi connectivity index (χ1n) is 2.84. The topological polar surface area (TPSA) is 12.4 Å². The Morgan fingerprint density at radius 3 is 2.75 bits per heavy atom. The van der Waals surface area contributed by atoms with Crippen molar-refractivity contribution in [1.82, 2.24) is 0 Å². The molecule has 0 N–H and O–H groups in total. The zero-order chi connectivity index (χ0) is 6.41. The number of halogens is 1. The number of hydrogen-bond acceptors (Lipinski definition) is 1. The summed E-state index contributed by atoms with van der Waals surface area (Å²) >= 11 is 0. The van der Waals surface area contributed by atoms with Crippen LogP contribution in [0.2, 0.25) is 0 Å². The highest BCUT2D eigenvalue weighted by Gasteiger charge is 1.94. The van der Waals surface area contributed by atoms with E-state index in [-0.39, 0.29) is 0 Å². The average molecular weight is 117 g/mol. The largest absolute Gasteiger partial charge is 0.301 e. The Kier molecular flexibility index (Phi) is 4.51. The van der Waals surface area contributed by atoms with E-state index in [0.717, 1.165) is 6.42 Å². The van der Waals surface area contributed by atoms with E-state index in [1.807, 2.05) is 0 Å². The molecule has 0 radical (unpaired) electrons. The van der Waals surface area contributed by atoms with Crippen LogP contribution in [-0.4, -0.2) is 19.4 Å². The van der Waals surface area contributed by atoms with Crippen LogP contribution in [0.5, 0.6) is 0 Å². The lowest BCUT2D eigenvalue weighted by Crippen LogP contribution is -1.92. The van der Waals surface area contributed by atoms with Gasteiger partial charge in [-0.15, -0.1) is 0 Å². The van der Waals surface area contributed by atoms with Gasteiger partial charge < -0.3 is 4.99 Å². The first-order valence-corrected chi connectivity index (χ1v) is 2.84. The van der Waals surface area contributed by atoms with Crippen molar-refractivity contribution in [3.8, 4) is 0 Å². The molecule has 1 nitrogen and oxygen atoms in total. The van der Waals surface area contributed by atoms with Gasteiger partial charge in [0.1, 0.15) is 0 Å². The maximum absolute atomic E-state index is 12.0. The van der Waals surface area contributed by atoms with Gasteiger partial charge in [0.25, 0.3) is 0 Å². The molecule has 0 aromatic heterocycles. The molecule has 1 unspecified atom stereocenters. The first-order chi connectivity index (χ1) is 3.77. The summed E-state index contributed by atoms with van der Waals surface area (Å²) in [7, 11) is 0. The fourth-order valence-electron chi connectivity index (χ4n) is 0.484. The molecule has 0 heterocycles. The summed E-state index contributed by atoms with van der Waals surface area (Å²) in [6.45, 7) is 5.53. The number of aliphatic imine (C=N–C) groups is 1. The number of alkyl halides is 1. The van der Waals surface area contributed by atoms with Gasteiger partial charge in [-0.1, -0.05) is 0 Å². The van der Waals surface area contributed by atoms with E-state index in [4.69, 9.17) is 0 Å². The second-order valence-electron chi connectivity index (χ2n) is 1.87. The third kappa shape index (κ3) is 5.60. The minimum Gasteiger partial charge on any atom is -0.301 e. The number of nitrogens with zero attached hydrogens (tertiary/aromatic N) is 1. The van der Waals surface area contributed by atoms with E-state index in [1.54, 1.807) is 6.92 Å². The maximum atomic E-state index is 12.0. The van der Waals surface area contributed by atoms with Gasteiger partial charge in [0, 0.05) is 6.54 Å². The van der Waals surface area contributed by atoms with Crippen LogP contribution in [0.4, 0.5) is 4.39 Å². The van der Waals surface area contributed by atoms with Crippen molar-refractivity contribution >= 4 is 6.72 Å². The maximum Gasteiger partial charge on any atom is 0.0974 e. The summed E-state index contributed by atoms with van der Waals surface area (Å²) in [5.74, 6) is 0. The lowest BCUT2D eigenvalue weighted by atomic mass is 10.2. The van der Waals surface area contributed by atoms with E-state index in [2.05, 4.69) is 11.7 Å². The summed E-state index contributed by atoms with van der Waals surface area (Å²) in [6.07, 6.45) is 0.747. The van der Waals surface area contributed by atoms with Gasteiger partial charge in [-0.2, -0.15) is 0 Å². The van der Waals surface area contributed by atoms with Gasteiger partial charge in [0.2, 0.25) is 0 Å². The van der Waals surface area contributed by atoms with E-state index in [0.29, 0.717) is 13.0 Å². The molecule has 0 aromatic rings. The van der Waals surface area contributed by atoms with E-state index in [1.165, 1.54) is 0 Å². The van der Waals surface area contributed by atoms with Crippen molar-refractivity contribution in [2.24, 2.45) is 4.99 Å². The predicted octanol–water partition coefficient (Wildman–Crippen LogP) is 1.83. The van der Waals surface area contributed by atoms with E-state index < -0.39 is 6.17 Å². The molecule has 0 saturated carbocycles. The van der Waals surface area contributed by atoms with Gasteiger partial charge in [-0.25, -0.2) is 4.39 Å². The summed E-state index contributed by atoms with van der Waals surface area (Å²) in [5, 5.41) is 0. The normalized spacial score (nSPS) is 13.2. The van der Waals surface area contributed by atoms with Crippen LogP contribution in [-0.2, 0) is 0 Å². The van der Waals surface area contributed by atoms with E-state index >= 15 is 0 Å². The zero-order valence-electron chi connectivity index (χ0n) is 5.23. The van der Waals surface area contributed by atoms with E-state index in [9.17, 15) is 4.39 Å². The quantitative estimate of drug-likeness (QED) is 0.393. The molecule has 0 amide bonds. The third-order valence-corrected chi connectivity index (χ3v) is 0.918. The van der Waals surface area contributed by atoms with Crippen LogP contribution in [0.15, 0.2) is 4.99 Å². The first kappa shape index (κ1) is 7.60. The van der Waals surface area contributed by atoms with Crippen molar-refractivity contribution in [2.45, 2.75) is 25.9 Å². The molecule has 1 atom stereocenters. The monoisotopic (exact) mass is 117 g/mol. The van der Waals surface area contributed by atoms with Crippen molar-refractivity contribution in [3.05, 3.63) is 0 Å². The highest BCUT2D eigenvalue weighted by Crippen LogP contribution is 1.98. The molecule has 8 heavy (non-hydrogen) atoms. The van der Waals surface area contributed by atoms with Crippen LogP contribution in [0.1, 0.15) is 19.8 Å². The van der Waals surface area contributed by atoms with Crippen LogP contribution < -0.4 is 0 Å². The number of hydrogen-bond donors (Lipinski definition) is 0. The van der Waals surface area contributed by atoms with Gasteiger partial charge in [0.05, 0.1) is 6.17 Å². The molecule has 0 bridgehead atoms. The second kappa shape index (κ2) is 4.75. The van der Waals surface area contributed by atoms with Crippen molar-refractivity contribution in [1.29, 1.82) is 0 Å². The molecule has 0 spiro atoms. The molecule has 0 rings (SSSR count). The van der Waals surface area contributed by atoms with Crippen LogP contribution in [0.3, 0.4) is 0 Å². The van der Waals surface area contributed by atoms with Gasteiger partial charge >= 0.3 is 0 Å². The smallest absolute Gasteiger partial charge is 0.0974 e. The van der Waals surface area contributed by atoms with Crippen LogP contribution in [0, 0.1) is 0 Å². The SMILES string of the molecule is C=NCCCC(C)F. The molecule has 0 saturated heterocycles. The van der Waals surface area contributed by atoms with Gasteiger partial charge in [-0.3, -0.25) is 0 Å². The Morgan fingerprint density at radius 2 is 2.38 bits per heavy atom. The summed E-state index contributed by atoms with van der Waals surface area (Å²) < 4.78 is 12.0. The van der Waals surface area contributed by atoms with Crippen molar-refractivity contribution < 1.29 is 4.39 Å². The summed E-state index contributed by atoms with van der Waals surface area (Å²) in [6, 6.07) is 0. The average Bonchev–Trinajstić information content (AvgIpc) is 1.66. The van der Waals surface area contributed by atoms with Crippen molar-refractivity contribution in [3.63, 3.8) is 0 Å². The Labute approximate surface area is 49.6 Å². The molecule has 0 aliphatic carbocycles. The zero-order valence-corrected chi connectivity index (χ0v) is 5.23. The molecule has 48 valence electrons. The Balaban J connectivity index is 2.81. The highest BCUT2D eigenvalue weighted by atomic mass is 19.1. The molecule has 0 aliphatic heterocycles. The molecule has 0 aliphatic rings. The molecular formula is C6H12FN. The number of rotatable bonds is 4. The Bertz CT molecular complexity index is 61.5. The van der Waals surface area contributed by atoms with Gasteiger partial charge in [0.15, 0.2) is 0 Å².